The predicted octanol–water partition coefficient (Wildman–Crippen LogP) is 3.07. The van der Waals surface area contributed by atoms with Crippen molar-refractivity contribution in [1.82, 2.24) is 0 Å². The van der Waals surface area contributed by atoms with E-state index in [1.165, 1.54) is 12.1 Å². The Kier molecular flexibility index (Phi) is 3.66. The van der Waals surface area contributed by atoms with Gasteiger partial charge in [0, 0.05) is 15.4 Å². The molecule has 3 aromatic carbocycles. The summed E-state index contributed by atoms with van der Waals surface area (Å²) < 4.78 is 0.722. The summed E-state index contributed by atoms with van der Waals surface area (Å²) in [5.41, 5.74) is 1.56. The van der Waals surface area contributed by atoms with E-state index >= 15 is 0 Å². The average molecular weight is 409 g/mol. The van der Waals surface area contributed by atoms with Gasteiger partial charge < -0.3 is 9.90 Å². The standard InChI is InChI=1S/C20H12BrNO4/c1-10-5-6-12(20(25)26)8-16(10)22-18(23)14-4-2-3-11-7-13(21)9-15(17(11)14)19(22)24/h2-9H,1H3,(H,25,26)/p-1. The molecule has 1 aliphatic heterocycles. The second-order valence-electron chi connectivity index (χ2n) is 6.09. The van der Waals surface area contributed by atoms with Gasteiger partial charge in [0.15, 0.2) is 0 Å². The Hall–Kier alpha value is -2.99. The second kappa shape index (κ2) is 5.78. The van der Waals surface area contributed by atoms with Gasteiger partial charge in [-0.15, -0.1) is 0 Å². The van der Waals surface area contributed by atoms with E-state index in [1.54, 1.807) is 31.2 Å². The molecule has 0 unspecified atom stereocenters. The van der Waals surface area contributed by atoms with Crippen molar-refractivity contribution in [2.75, 3.05) is 4.90 Å². The number of imide groups is 1. The lowest BCUT2D eigenvalue weighted by molar-refractivity contribution is -0.255. The van der Waals surface area contributed by atoms with Crippen molar-refractivity contribution in [2.45, 2.75) is 6.92 Å². The van der Waals surface area contributed by atoms with Crippen LogP contribution in [0.4, 0.5) is 5.69 Å². The molecule has 4 rings (SSSR count). The first-order valence-electron chi connectivity index (χ1n) is 7.81. The van der Waals surface area contributed by atoms with E-state index in [2.05, 4.69) is 15.9 Å². The molecule has 3 aromatic rings. The number of carboxylic acids is 1. The number of rotatable bonds is 2. The van der Waals surface area contributed by atoms with Gasteiger partial charge in [0.1, 0.15) is 0 Å². The summed E-state index contributed by atoms with van der Waals surface area (Å²) in [5.74, 6) is -2.33. The normalized spacial score (nSPS) is 13.4. The van der Waals surface area contributed by atoms with Gasteiger partial charge in [-0.1, -0.05) is 40.2 Å². The zero-order chi connectivity index (χ0) is 18.6. The minimum atomic E-state index is -1.37. The Balaban J connectivity index is 1.99. The molecule has 0 fully saturated rings. The number of aryl methyl sites for hydroxylation is 1. The molecule has 0 bridgehead atoms. The zero-order valence-corrected chi connectivity index (χ0v) is 15.2. The maximum Gasteiger partial charge on any atom is 0.266 e. The molecule has 0 aromatic heterocycles. The van der Waals surface area contributed by atoms with Crippen molar-refractivity contribution in [3.63, 3.8) is 0 Å². The minimum Gasteiger partial charge on any atom is -0.545 e. The van der Waals surface area contributed by atoms with Crippen LogP contribution >= 0.6 is 15.9 Å². The summed E-state index contributed by atoms with van der Waals surface area (Å²) in [6.07, 6.45) is 0. The van der Waals surface area contributed by atoms with Gasteiger partial charge in [0.2, 0.25) is 0 Å². The topological polar surface area (TPSA) is 77.5 Å². The lowest BCUT2D eigenvalue weighted by Gasteiger charge is -2.29. The number of halogens is 1. The molecule has 2 amide bonds. The molecule has 1 aliphatic rings. The number of carbonyl (C=O) groups is 3. The van der Waals surface area contributed by atoms with Crippen molar-refractivity contribution in [1.29, 1.82) is 0 Å². The maximum atomic E-state index is 13.1. The van der Waals surface area contributed by atoms with Gasteiger partial charge in [0.25, 0.3) is 11.8 Å². The summed E-state index contributed by atoms with van der Waals surface area (Å²) >= 11 is 3.40. The molecule has 0 saturated heterocycles. The number of carboxylic acid groups (broad SMARTS) is 1. The summed E-state index contributed by atoms with van der Waals surface area (Å²) in [6, 6.07) is 13.0. The van der Waals surface area contributed by atoms with Gasteiger partial charge in [-0.3, -0.25) is 9.59 Å². The van der Waals surface area contributed by atoms with Gasteiger partial charge >= 0.3 is 0 Å². The summed E-state index contributed by atoms with van der Waals surface area (Å²) in [5, 5.41) is 12.6. The van der Waals surface area contributed by atoms with E-state index in [-0.39, 0.29) is 11.3 Å². The molecular formula is C20H11BrNO4-. The van der Waals surface area contributed by atoms with Crippen LogP contribution in [0.5, 0.6) is 0 Å². The molecule has 26 heavy (non-hydrogen) atoms. The highest BCUT2D eigenvalue weighted by atomic mass is 79.9. The molecule has 0 aliphatic carbocycles. The average Bonchev–Trinajstić information content (AvgIpc) is 2.60. The lowest BCUT2D eigenvalue weighted by Crippen LogP contribution is -2.41. The van der Waals surface area contributed by atoms with E-state index in [4.69, 9.17) is 0 Å². The van der Waals surface area contributed by atoms with Crippen LogP contribution in [0, 0.1) is 6.92 Å². The number of hydrogen-bond acceptors (Lipinski definition) is 4. The first-order valence-corrected chi connectivity index (χ1v) is 8.61. The fraction of sp³-hybridized carbons (Fsp3) is 0.0500. The van der Waals surface area contributed by atoms with Gasteiger partial charge in [0.05, 0.1) is 17.2 Å². The third kappa shape index (κ3) is 2.34. The zero-order valence-electron chi connectivity index (χ0n) is 13.6. The van der Waals surface area contributed by atoms with Gasteiger partial charge in [-0.2, -0.15) is 0 Å². The number of anilines is 1. The number of aromatic carboxylic acids is 1. The monoisotopic (exact) mass is 408 g/mol. The van der Waals surface area contributed by atoms with E-state index in [0.717, 1.165) is 14.8 Å². The Morgan fingerprint density at radius 3 is 2.46 bits per heavy atom. The van der Waals surface area contributed by atoms with Crippen LogP contribution in [0.25, 0.3) is 10.8 Å². The predicted molar refractivity (Wildman–Crippen MR) is 98.3 cm³/mol. The smallest absolute Gasteiger partial charge is 0.266 e. The number of hydrogen-bond donors (Lipinski definition) is 0. The summed E-state index contributed by atoms with van der Waals surface area (Å²) in [4.78, 5) is 38.4. The van der Waals surface area contributed by atoms with Crippen molar-refractivity contribution < 1.29 is 19.5 Å². The fourth-order valence-electron chi connectivity index (χ4n) is 3.27. The van der Waals surface area contributed by atoms with E-state index in [0.29, 0.717) is 22.1 Å². The van der Waals surface area contributed by atoms with Crippen molar-refractivity contribution >= 4 is 50.2 Å². The van der Waals surface area contributed by atoms with Crippen LogP contribution in [0.1, 0.15) is 36.6 Å². The fourth-order valence-corrected chi connectivity index (χ4v) is 3.74. The quantitative estimate of drug-likeness (QED) is 0.610. The summed E-state index contributed by atoms with van der Waals surface area (Å²) in [6.45, 7) is 1.71. The molecule has 0 N–H and O–H groups in total. The van der Waals surface area contributed by atoms with Crippen molar-refractivity contribution in [2.24, 2.45) is 0 Å². The molecule has 128 valence electrons. The van der Waals surface area contributed by atoms with Crippen LogP contribution in [0.2, 0.25) is 0 Å². The first-order chi connectivity index (χ1) is 12.4. The molecule has 1 heterocycles. The van der Waals surface area contributed by atoms with Crippen LogP contribution < -0.4 is 10.0 Å². The number of nitrogens with zero attached hydrogens (tertiary/aromatic N) is 1. The van der Waals surface area contributed by atoms with Crippen LogP contribution in [-0.4, -0.2) is 17.8 Å². The van der Waals surface area contributed by atoms with E-state index < -0.39 is 17.8 Å². The Bertz CT molecular complexity index is 1140. The SMILES string of the molecule is Cc1ccc(C(=O)[O-])cc1N1C(=O)c2cccc3cc(Br)cc(c23)C1=O. The molecule has 0 radical (unpaired) electrons. The van der Waals surface area contributed by atoms with Crippen LogP contribution in [-0.2, 0) is 0 Å². The molecule has 6 heteroatoms. The van der Waals surface area contributed by atoms with Gasteiger partial charge in [-0.05, 0) is 47.7 Å². The van der Waals surface area contributed by atoms with Gasteiger partial charge in [-0.25, -0.2) is 4.90 Å². The molecule has 0 spiro atoms. The molecular weight excluding hydrogens is 398 g/mol. The number of carbonyl (C=O) groups excluding carboxylic acids is 3. The Morgan fingerprint density at radius 1 is 1.00 bits per heavy atom. The van der Waals surface area contributed by atoms with Crippen LogP contribution in [0.15, 0.2) is 53.0 Å². The van der Waals surface area contributed by atoms with Crippen molar-refractivity contribution in [3.8, 4) is 0 Å². The Morgan fingerprint density at radius 2 is 1.73 bits per heavy atom. The number of benzene rings is 3. The second-order valence-corrected chi connectivity index (χ2v) is 7.01. The minimum absolute atomic E-state index is 0.0931. The van der Waals surface area contributed by atoms with Crippen LogP contribution in [0.3, 0.4) is 0 Å². The summed E-state index contributed by atoms with van der Waals surface area (Å²) in [7, 11) is 0. The molecule has 0 saturated carbocycles. The first kappa shape index (κ1) is 16.5. The highest BCUT2D eigenvalue weighted by molar-refractivity contribution is 9.10. The largest absolute Gasteiger partial charge is 0.545 e. The Labute approximate surface area is 157 Å². The third-order valence-corrected chi connectivity index (χ3v) is 4.95. The molecule has 5 nitrogen and oxygen atoms in total. The highest BCUT2D eigenvalue weighted by Gasteiger charge is 2.35. The van der Waals surface area contributed by atoms with E-state index in [9.17, 15) is 19.5 Å². The third-order valence-electron chi connectivity index (χ3n) is 4.49. The maximum absolute atomic E-state index is 13.1. The van der Waals surface area contributed by atoms with Crippen molar-refractivity contribution in [3.05, 3.63) is 75.3 Å². The highest BCUT2D eigenvalue weighted by Crippen LogP contribution is 2.36. The number of amides is 2. The van der Waals surface area contributed by atoms with E-state index in [1.807, 2.05) is 12.1 Å². The molecule has 0 atom stereocenters. The lowest BCUT2D eigenvalue weighted by atomic mass is 9.93.